The minimum absolute atomic E-state index is 0.200. The molecule has 0 rings (SSSR count). The van der Waals surface area contributed by atoms with Gasteiger partial charge < -0.3 is 0 Å². The summed E-state index contributed by atoms with van der Waals surface area (Å²) >= 11 is 0. The molecule has 0 unspecified atom stereocenters. The van der Waals surface area contributed by atoms with E-state index >= 15 is 0 Å². The lowest BCUT2D eigenvalue weighted by atomic mass is 10.0. The fraction of sp³-hybridized carbons (Fsp3) is 0.818. The van der Waals surface area contributed by atoms with Gasteiger partial charge in [0.15, 0.2) is 0 Å². The minimum Gasteiger partial charge on any atom is -0.242 e. The van der Waals surface area contributed by atoms with Gasteiger partial charge in [0.05, 0.1) is 15.7 Å². The summed E-state index contributed by atoms with van der Waals surface area (Å²) in [5.41, 5.74) is 0. The van der Waals surface area contributed by atoms with E-state index in [2.05, 4.69) is 25.1 Å². The number of hydrogen-bond donors (Lipinski definition) is 1. The molecule has 0 aromatic rings. The van der Waals surface area contributed by atoms with Gasteiger partial charge in [0, 0.05) is 6.04 Å². The van der Waals surface area contributed by atoms with Crippen LogP contribution in [0.1, 0.15) is 41.0 Å². The van der Waals surface area contributed by atoms with Crippen LogP contribution >= 0.6 is 0 Å². The zero-order chi connectivity index (χ0) is 11.4. The number of nitrogens with one attached hydrogen (secondary N) is 1. The van der Waals surface area contributed by atoms with Gasteiger partial charge in [-0.25, -0.2) is 8.93 Å². The van der Waals surface area contributed by atoms with Crippen molar-refractivity contribution in [2.45, 2.75) is 51.8 Å². The lowest BCUT2D eigenvalue weighted by Gasteiger charge is -2.25. The van der Waals surface area contributed by atoms with Crippen LogP contribution in [0.15, 0.2) is 12.7 Å². The van der Waals surface area contributed by atoms with E-state index < -0.39 is 11.0 Å². The molecule has 0 saturated carbocycles. The molecule has 84 valence electrons. The van der Waals surface area contributed by atoms with E-state index in [4.69, 9.17) is 0 Å². The quantitative estimate of drug-likeness (QED) is 0.705. The Labute approximate surface area is 90.8 Å². The molecule has 0 aliphatic carbocycles. The fourth-order valence-corrected chi connectivity index (χ4v) is 1.95. The Morgan fingerprint density at radius 2 is 1.93 bits per heavy atom. The average molecular weight is 217 g/mol. The van der Waals surface area contributed by atoms with Crippen molar-refractivity contribution >= 4 is 11.0 Å². The van der Waals surface area contributed by atoms with Gasteiger partial charge in [-0.05, 0) is 33.1 Å². The third-order valence-corrected chi connectivity index (χ3v) is 3.67. The molecule has 0 aliphatic heterocycles. The summed E-state index contributed by atoms with van der Waals surface area (Å²) in [6, 6.07) is 0.257. The minimum atomic E-state index is -0.987. The highest BCUT2D eigenvalue weighted by Gasteiger charge is 2.23. The second-order valence-electron chi connectivity index (χ2n) is 4.87. The lowest BCUT2D eigenvalue weighted by molar-refractivity contribution is 0.460. The van der Waals surface area contributed by atoms with Crippen LogP contribution in [0, 0.1) is 5.92 Å². The molecule has 0 spiro atoms. The van der Waals surface area contributed by atoms with Crippen molar-refractivity contribution in [3.05, 3.63) is 12.7 Å². The van der Waals surface area contributed by atoms with Gasteiger partial charge in [-0.2, -0.15) is 0 Å². The van der Waals surface area contributed by atoms with E-state index in [0.29, 0.717) is 5.92 Å². The number of hydrogen-bond acceptors (Lipinski definition) is 1. The van der Waals surface area contributed by atoms with Gasteiger partial charge in [-0.3, -0.25) is 0 Å². The molecule has 3 heteroatoms. The standard InChI is InChI=1S/C11H23NOS/c1-7-8-10(9(2)3)12-14(13)11(4,5)6/h7,9-10,12H,1,8H2,2-6H3/t10-,14+/m0/s1. The third kappa shape index (κ3) is 4.91. The normalized spacial score (nSPS) is 16.7. The zero-order valence-corrected chi connectivity index (χ0v) is 10.8. The Balaban J connectivity index is 4.30. The molecule has 0 radical (unpaired) electrons. The Hall–Kier alpha value is -0.150. The van der Waals surface area contributed by atoms with Gasteiger partial charge in [-0.1, -0.05) is 19.9 Å². The van der Waals surface area contributed by atoms with Crippen LogP contribution in [0.25, 0.3) is 0 Å². The number of rotatable bonds is 5. The molecule has 0 aromatic carbocycles. The molecular formula is C11H23NOS. The van der Waals surface area contributed by atoms with E-state index in [-0.39, 0.29) is 10.8 Å². The lowest BCUT2D eigenvalue weighted by Crippen LogP contribution is -2.42. The molecule has 2 nitrogen and oxygen atoms in total. The molecule has 0 fully saturated rings. The topological polar surface area (TPSA) is 29.1 Å². The van der Waals surface area contributed by atoms with E-state index in [1.54, 1.807) is 0 Å². The Bertz CT molecular complexity index is 206. The van der Waals surface area contributed by atoms with Gasteiger partial charge in [0.1, 0.15) is 0 Å². The van der Waals surface area contributed by atoms with Crippen molar-refractivity contribution < 1.29 is 4.21 Å². The SMILES string of the molecule is C=CC[C@H](N[S@](=O)C(C)(C)C)C(C)C. The summed E-state index contributed by atoms with van der Waals surface area (Å²) in [5.74, 6) is 0.472. The summed E-state index contributed by atoms with van der Waals surface area (Å²) in [6.45, 7) is 13.9. The molecule has 14 heavy (non-hydrogen) atoms. The Morgan fingerprint density at radius 1 is 1.43 bits per heavy atom. The monoisotopic (exact) mass is 217 g/mol. The van der Waals surface area contributed by atoms with Crippen molar-refractivity contribution in [3.63, 3.8) is 0 Å². The van der Waals surface area contributed by atoms with Crippen molar-refractivity contribution in [1.82, 2.24) is 4.72 Å². The van der Waals surface area contributed by atoms with E-state index in [1.807, 2.05) is 26.8 Å². The van der Waals surface area contributed by atoms with Crippen LogP contribution < -0.4 is 4.72 Å². The first-order valence-electron chi connectivity index (χ1n) is 5.08. The maximum atomic E-state index is 11.8. The molecule has 1 N–H and O–H groups in total. The average Bonchev–Trinajstić information content (AvgIpc) is 2.01. The van der Waals surface area contributed by atoms with Crippen LogP contribution in [-0.4, -0.2) is 15.0 Å². The zero-order valence-electron chi connectivity index (χ0n) is 9.96. The molecule has 2 atom stereocenters. The molecule has 0 aliphatic rings. The Morgan fingerprint density at radius 3 is 2.21 bits per heavy atom. The van der Waals surface area contributed by atoms with Crippen molar-refractivity contribution in [2.75, 3.05) is 0 Å². The summed E-state index contributed by atoms with van der Waals surface area (Å²) in [4.78, 5) is 0. The summed E-state index contributed by atoms with van der Waals surface area (Å²) in [7, 11) is -0.987. The molecule has 0 amide bonds. The van der Waals surface area contributed by atoms with Gasteiger partial charge in [0.2, 0.25) is 0 Å². The highest BCUT2D eigenvalue weighted by atomic mass is 32.2. The van der Waals surface area contributed by atoms with Gasteiger partial charge >= 0.3 is 0 Å². The third-order valence-electron chi connectivity index (χ3n) is 2.04. The first-order chi connectivity index (χ1) is 6.29. The van der Waals surface area contributed by atoms with E-state index in [1.165, 1.54) is 0 Å². The molecule has 0 saturated heterocycles. The predicted molar refractivity (Wildman–Crippen MR) is 64.5 cm³/mol. The van der Waals surface area contributed by atoms with Gasteiger partial charge in [0.25, 0.3) is 0 Å². The Kier molecular flexibility index (Phi) is 5.60. The summed E-state index contributed by atoms with van der Waals surface area (Å²) < 4.78 is 14.8. The van der Waals surface area contributed by atoms with E-state index in [9.17, 15) is 4.21 Å². The second-order valence-corrected chi connectivity index (χ2v) is 6.87. The first kappa shape index (κ1) is 13.8. The highest BCUT2D eigenvalue weighted by molar-refractivity contribution is 7.84. The largest absolute Gasteiger partial charge is 0.242 e. The highest BCUT2D eigenvalue weighted by Crippen LogP contribution is 2.13. The smallest absolute Gasteiger partial charge is 0.0972 e. The van der Waals surface area contributed by atoms with Crippen LogP contribution in [0.2, 0.25) is 0 Å². The molecule has 0 heterocycles. The molecule has 0 aromatic heterocycles. The maximum absolute atomic E-state index is 11.8. The van der Waals surface area contributed by atoms with Crippen molar-refractivity contribution in [3.8, 4) is 0 Å². The first-order valence-corrected chi connectivity index (χ1v) is 6.23. The summed E-state index contributed by atoms with van der Waals surface area (Å²) in [6.07, 6.45) is 2.73. The summed E-state index contributed by atoms with van der Waals surface area (Å²) in [5, 5.41) is 0. The van der Waals surface area contributed by atoms with Crippen LogP contribution in [0.4, 0.5) is 0 Å². The van der Waals surface area contributed by atoms with Crippen LogP contribution in [0.3, 0.4) is 0 Å². The van der Waals surface area contributed by atoms with Crippen LogP contribution in [-0.2, 0) is 11.0 Å². The maximum Gasteiger partial charge on any atom is 0.0972 e. The molecular weight excluding hydrogens is 194 g/mol. The van der Waals surface area contributed by atoms with Crippen LogP contribution in [0.5, 0.6) is 0 Å². The van der Waals surface area contributed by atoms with Crippen molar-refractivity contribution in [2.24, 2.45) is 5.92 Å². The molecule has 0 bridgehead atoms. The predicted octanol–water partition coefficient (Wildman–Crippen LogP) is 2.64. The van der Waals surface area contributed by atoms with Crippen molar-refractivity contribution in [1.29, 1.82) is 0 Å². The second kappa shape index (κ2) is 5.66. The van der Waals surface area contributed by atoms with Gasteiger partial charge in [-0.15, -0.1) is 6.58 Å². The van der Waals surface area contributed by atoms with E-state index in [0.717, 1.165) is 6.42 Å². The fourth-order valence-electron chi connectivity index (χ4n) is 0.950.